The number of ether oxygens (including phenoxy) is 1. The van der Waals surface area contributed by atoms with E-state index in [0.717, 1.165) is 12.8 Å². The van der Waals surface area contributed by atoms with E-state index in [-0.39, 0.29) is 25.1 Å². The summed E-state index contributed by atoms with van der Waals surface area (Å²) in [7, 11) is 0. The second kappa shape index (κ2) is 5.26. The molecule has 2 aliphatic rings. The summed E-state index contributed by atoms with van der Waals surface area (Å²) in [6, 6.07) is 0. The highest BCUT2D eigenvalue weighted by molar-refractivity contribution is 6.13. The molecule has 1 saturated heterocycles. The Morgan fingerprint density at radius 1 is 1.75 bits per heavy atom. The third-order valence-corrected chi connectivity index (χ3v) is 2.95. The van der Waals surface area contributed by atoms with E-state index in [1.54, 1.807) is 11.3 Å². The van der Waals surface area contributed by atoms with Crippen molar-refractivity contribution >= 4 is 18.1 Å². The Bertz CT molecular complexity index is 267. The van der Waals surface area contributed by atoms with Crippen LogP contribution in [0.4, 0.5) is 0 Å². The third-order valence-electron chi connectivity index (χ3n) is 2.70. The van der Waals surface area contributed by atoms with Crippen molar-refractivity contribution in [1.82, 2.24) is 15.3 Å². The van der Waals surface area contributed by atoms with Crippen LogP contribution in [0.5, 0.6) is 0 Å². The molecule has 2 aliphatic heterocycles. The van der Waals surface area contributed by atoms with Gasteiger partial charge in [-0.15, -0.1) is 0 Å². The molecule has 2 rings (SSSR count). The van der Waals surface area contributed by atoms with Crippen molar-refractivity contribution in [2.75, 3.05) is 6.61 Å². The molecule has 0 amide bonds. The lowest BCUT2D eigenvalue weighted by molar-refractivity contribution is -0.0558. The molecule has 0 aliphatic carbocycles. The Morgan fingerprint density at radius 2 is 2.56 bits per heavy atom. The predicted octanol–water partition coefficient (Wildman–Crippen LogP) is -1.31. The van der Waals surface area contributed by atoms with Crippen molar-refractivity contribution < 1.29 is 9.84 Å². The van der Waals surface area contributed by atoms with Crippen LogP contribution in [0, 0.1) is 0 Å². The fraction of sp³-hybridized carbons (Fsp3) is 0.875. The molecule has 0 radical (unpaired) electrons. The van der Waals surface area contributed by atoms with Crippen LogP contribution in [-0.4, -0.2) is 47.7 Å². The minimum Gasteiger partial charge on any atom is -0.394 e. The molecule has 2 unspecified atom stereocenters. The zero-order valence-electron chi connectivity index (χ0n) is 8.71. The summed E-state index contributed by atoms with van der Waals surface area (Å²) < 4.78 is 5.58. The van der Waals surface area contributed by atoms with Gasteiger partial charge in [0.15, 0.2) is 0 Å². The number of halogens is 1. The lowest BCUT2D eigenvalue weighted by atomic mass is 10.2. The molecule has 5 N–H and O–H groups in total. The zero-order valence-corrected chi connectivity index (χ0v) is 9.47. The SMILES string of the molecule is NC(NCl)C1N=CN([C@H]2CC[C@@H](CO)O2)N1. The van der Waals surface area contributed by atoms with Crippen LogP contribution in [0.25, 0.3) is 0 Å². The number of nitrogens with zero attached hydrogens (tertiary/aromatic N) is 2. The summed E-state index contributed by atoms with van der Waals surface area (Å²) in [6.07, 6.45) is 2.39. The molecule has 4 atom stereocenters. The first kappa shape index (κ1) is 12.0. The van der Waals surface area contributed by atoms with Gasteiger partial charge < -0.3 is 15.6 Å². The first-order valence-corrected chi connectivity index (χ1v) is 5.58. The van der Waals surface area contributed by atoms with Gasteiger partial charge in [0.05, 0.1) is 12.7 Å². The van der Waals surface area contributed by atoms with Crippen molar-refractivity contribution in [3.05, 3.63) is 0 Å². The summed E-state index contributed by atoms with van der Waals surface area (Å²) >= 11 is 5.41. The van der Waals surface area contributed by atoms with Gasteiger partial charge in [-0.25, -0.2) is 10.3 Å². The van der Waals surface area contributed by atoms with E-state index in [9.17, 15) is 0 Å². The van der Waals surface area contributed by atoms with Gasteiger partial charge in [0, 0.05) is 0 Å². The highest BCUT2D eigenvalue weighted by Gasteiger charge is 2.33. The molecule has 0 aromatic heterocycles. The van der Waals surface area contributed by atoms with Gasteiger partial charge in [-0.1, -0.05) is 0 Å². The number of aliphatic hydroxyl groups excluding tert-OH is 1. The number of aliphatic hydroxyl groups is 1. The first-order chi connectivity index (χ1) is 7.74. The Kier molecular flexibility index (Phi) is 3.95. The van der Waals surface area contributed by atoms with E-state index >= 15 is 0 Å². The van der Waals surface area contributed by atoms with Crippen molar-refractivity contribution in [2.45, 2.75) is 37.5 Å². The van der Waals surface area contributed by atoms with E-state index < -0.39 is 6.17 Å². The maximum Gasteiger partial charge on any atom is 0.147 e. The molecule has 0 aromatic rings. The van der Waals surface area contributed by atoms with Gasteiger partial charge in [-0.3, -0.25) is 10.0 Å². The van der Waals surface area contributed by atoms with Crippen LogP contribution in [0.15, 0.2) is 4.99 Å². The van der Waals surface area contributed by atoms with Crippen molar-refractivity contribution in [3.63, 3.8) is 0 Å². The monoisotopic (exact) mass is 249 g/mol. The molecule has 0 aromatic carbocycles. The Labute approximate surface area is 98.7 Å². The highest BCUT2D eigenvalue weighted by atomic mass is 35.5. The van der Waals surface area contributed by atoms with Gasteiger partial charge in [-0.05, 0) is 24.6 Å². The molecule has 16 heavy (non-hydrogen) atoms. The van der Waals surface area contributed by atoms with E-state index in [0.29, 0.717) is 0 Å². The minimum absolute atomic E-state index is 0.0493. The number of aliphatic imine (C=N–C) groups is 1. The third kappa shape index (κ3) is 2.45. The molecular formula is C8H16ClN5O2. The average molecular weight is 250 g/mol. The van der Waals surface area contributed by atoms with E-state index in [2.05, 4.69) is 15.3 Å². The first-order valence-electron chi connectivity index (χ1n) is 5.20. The van der Waals surface area contributed by atoms with Gasteiger partial charge in [0.25, 0.3) is 0 Å². The summed E-state index contributed by atoms with van der Waals surface area (Å²) in [5.74, 6) is 0. The zero-order chi connectivity index (χ0) is 11.5. The molecule has 92 valence electrons. The molecule has 0 bridgehead atoms. The molecular weight excluding hydrogens is 234 g/mol. The van der Waals surface area contributed by atoms with Gasteiger partial charge >= 0.3 is 0 Å². The van der Waals surface area contributed by atoms with E-state index in [4.69, 9.17) is 27.4 Å². The van der Waals surface area contributed by atoms with Crippen LogP contribution in [-0.2, 0) is 4.74 Å². The maximum atomic E-state index is 8.96. The summed E-state index contributed by atoms with van der Waals surface area (Å²) in [5, 5.41) is 10.7. The molecule has 1 fully saturated rings. The van der Waals surface area contributed by atoms with Crippen LogP contribution in [0.2, 0.25) is 0 Å². The summed E-state index contributed by atoms with van der Waals surface area (Å²) in [6.45, 7) is 0.0493. The number of hydrazine groups is 1. The fourth-order valence-electron chi connectivity index (χ4n) is 1.78. The van der Waals surface area contributed by atoms with Crippen LogP contribution in [0.3, 0.4) is 0 Å². The molecule has 7 nitrogen and oxygen atoms in total. The van der Waals surface area contributed by atoms with Gasteiger partial charge in [-0.2, -0.15) is 0 Å². The Balaban J connectivity index is 1.83. The van der Waals surface area contributed by atoms with Crippen LogP contribution >= 0.6 is 11.8 Å². The quantitative estimate of drug-likeness (QED) is 0.365. The second-order valence-electron chi connectivity index (χ2n) is 3.85. The molecule has 0 spiro atoms. The van der Waals surface area contributed by atoms with Crippen LogP contribution in [0.1, 0.15) is 12.8 Å². The van der Waals surface area contributed by atoms with Crippen molar-refractivity contribution in [2.24, 2.45) is 10.7 Å². The maximum absolute atomic E-state index is 8.96. The smallest absolute Gasteiger partial charge is 0.147 e. The van der Waals surface area contributed by atoms with Gasteiger partial charge in [0.2, 0.25) is 0 Å². The lowest BCUT2D eigenvalue weighted by Gasteiger charge is -2.25. The largest absolute Gasteiger partial charge is 0.394 e. The van der Waals surface area contributed by atoms with Crippen molar-refractivity contribution in [3.8, 4) is 0 Å². The number of hydrogen-bond donors (Lipinski definition) is 4. The average Bonchev–Trinajstić information content (AvgIpc) is 2.95. The van der Waals surface area contributed by atoms with E-state index in [1.807, 2.05) is 0 Å². The molecule has 8 heteroatoms. The second-order valence-corrected chi connectivity index (χ2v) is 4.07. The lowest BCUT2D eigenvalue weighted by Crippen LogP contribution is -2.53. The summed E-state index contributed by atoms with van der Waals surface area (Å²) in [4.78, 5) is 6.56. The number of nitrogens with two attached hydrogens (primary N) is 1. The number of nitrogens with one attached hydrogen (secondary N) is 2. The van der Waals surface area contributed by atoms with Crippen molar-refractivity contribution in [1.29, 1.82) is 0 Å². The standard InChI is InChI=1S/C8H16ClN5O2/c9-12-7(10)8-11-4-14(13-8)6-2-1-5(3-15)16-6/h4-8,12-13,15H,1-3,10H2/t5-,6+,7?,8?/m0/s1. The Hall–Kier alpha value is -0.440. The van der Waals surface area contributed by atoms with E-state index in [1.165, 1.54) is 0 Å². The number of rotatable bonds is 4. The number of hydrogen-bond acceptors (Lipinski definition) is 7. The minimum atomic E-state index is -0.460. The normalized spacial score (nSPS) is 35.9. The van der Waals surface area contributed by atoms with Gasteiger partial charge in [0.1, 0.15) is 24.9 Å². The summed E-state index contributed by atoms with van der Waals surface area (Å²) in [5.41, 5.74) is 8.73. The molecule has 2 heterocycles. The molecule has 0 saturated carbocycles. The Morgan fingerprint density at radius 3 is 3.19 bits per heavy atom. The topological polar surface area (TPSA) is 95.1 Å². The fourth-order valence-corrected chi connectivity index (χ4v) is 1.90. The van der Waals surface area contributed by atoms with Crippen LogP contribution < -0.4 is 16.0 Å². The predicted molar refractivity (Wildman–Crippen MR) is 59.2 cm³/mol. The highest BCUT2D eigenvalue weighted by Crippen LogP contribution is 2.22.